The summed E-state index contributed by atoms with van der Waals surface area (Å²) in [5.74, 6) is 0.0328. The predicted molar refractivity (Wildman–Crippen MR) is 72.4 cm³/mol. The first-order valence-corrected chi connectivity index (χ1v) is 7.07. The van der Waals surface area contributed by atoms with Gasteiger partial charge in [0, 0.05) is 18.6 Å². The van der Waals surface area contributed by atoms with Gasteiger partial charge in [-0.25, -0.2) is 9.97 Å². The summed E-state index contributed by atoms with van der Waals surface area (Å²) in [6.07, 6.45) is 5.71. The smallest absolute Gasteiger partial charge is 0.282 e. The first kappa shape index (κ1) is 12.4. The molecule has 3 aromatic heterocycles. The third-order valence-electron chi connectivity index (χ3n) is 2.57. The van der Waals surface area contributed by atoms with Crippen molar-refractivity contribution in [2.45, 2.75) is 5.03 Å². The lowest BCUT2D eigenvalue weighted by Gasteiger charge is -2.06. The molecule has 0 saturated carbocycles. The summed E-state index contributed by atoms with van der Waals surface area (Å²) in [6, 6.07) is 5.10. The molecule has 0 aliphatic rings. The van der Waals surface area contributed by atoms with E-state index in [0.29, 0.717) is 5.65 Å². The fraction of sp³-hybridized carbons (Fsp3) is 0. The van der Waals surface area contributed by atoms with Crippen molar-refractivity contribution < 1.29 is 8.42 Å². The SMILES string of the molecule is Nc1nc2ccccn2c1S(=O)(=O)Nc1cnccn1. The molecular weight excluding hydrogens is 280 g/mol. The highest BCUT2D eigenvalue weighted by atomic mass is 32.2. The second-order valence-corrected chi connectivity index (χ2v) is 5.52. The van der Waals surface area contributed by atoms with Crippen molar-refractivity contribution in [2.24, 2.45) is 0 Å². The van der Waals surface area contributed by atoms with Gasteiger partial charge in [-0.1, -0.05) is 6.07 Å². The molecule has 0 unspecified atom stereocenters. The van der Waals surface area contributed by atoms with Crippen LogP contribution in [0.1, 0.15) is 0 Å². The number of fused-ring (bicyclic) bond motifs is 1. The standard InChI is InChI=1S/C11H10N6O2S/c12-10-11(17-6-2-1-3-9(17)15-10)20(18,19)16-8-7-13-4-5-14-8/h1-7H,12H2,(H,14,16). The summed E-state index contributed by atoms with van der Waals surface area (Å²) in [4.78, 5) is 11.7. The van der Waals surface area contributed by atoms with Gasteiger partial charge in [-0.05, 0) is 12.1 Å². The highest BCUT2D eigenvalue weighted by molar-refractivity contribution is 7.92. The average molecular weight is 290 g/mol. The van der Waals surface area contributed by atoms with E-state index >= 15 is 0 Å². The molecule has 0 aliphatic heterocycles. The number of nitrogens with zero attached hydrogens (tertiary/aromatic N) is 4. The summed E-state index contributed by atoms with van der Waals surface area (Å²) in [7, 11) is -3.90. The number of imidazole rings is 1. The summed E-state index contributed by atoms with van der Waals surface area (Å²) in [6.45, 7) is 0. The third-order valence-corrected chi connectivity index (χ3v) is 3.96. The van der Waals surface area contributed by atoms with Gasteiger partial charge in [0.2, 0.25) is 5.03 Å². The minimum absolute atomic E-state index is 0.0763. The van der Waals surface area contributed by atoms with Crippen LogP contribution in [0.3, 0.4) is 0 Å². The molecule has 0 fully saturated rings. The monoisotopic (exact) mass is 290 g/mol. The Morgan fingerprint density at radius 3 is 2.85 bits per heavy atom. The van der Waals surface area contributed by atoms with Gasteiger partial charge in [-0.15, -0.1) is 0 Å². The van der Waals surface area contributed by atoms with E-state index in [-0.39, 0.29) is 16.7 Å². The topological polar surface area (TPSA) is 115 Å². The zero-order valence-electron chi connectivity index (χ0n) is 10.1. The molecule has 20 heavy (non-hydrogen) atoms. The normalized spacial score (nSPS) is 11.6. The van der Waals surface area contributed by atoms with Crippen LogP contribution in [-0.2, 0) is 10.0 Å². The van der Waals surface area contributed by atoms with E-state index in [1.807, 2.05) is 0 Å². The molecule has 0 aromatic carbocycles. The number of pyridine rings is 1. The number of nitrogens with one attached hydrogen (secondary N) is 1. The average Bonchev–Trinajstić information content (AvgIpc) is 2.75. The van der Waals surface area contributed by atoms with Crippen LogP contribution in [-0.4, -0.2) is 27.8 Å². The van der Waals surface area contributed by atoms with Crippen LogP contribution < -0.4 is 10.5 Å². The van der Waals surface area contributed by atoms with Crippen LogP contribution in [0, 0.1) is 0 Å². The number of nitrogens with two attached hydrogens (primary N) is 1. The molecule has 3 aromatic rings. The molecular formula is C11H10N6O2S. The highest BCUT2D eigenvalue weighted by Crippen LogP contribution is 2.21. The van der Waals surface area contributed by atoms with E-state index in [1.54, 1.807) is 24.4 Å². The number of sulfonamides is 1. The Hall–Kier alpha value is -2.68. The number of anilines is 2. The quantitative estimate of drug-likeness (QED) is 0.726. The van der Waals surface area contributed by atoms with Crippen molar-refractivity contribution >= 4 is 27.3 Å². The second-order valence-electron chi connectivity index (χ2n) is 3.93. The van der Waals surface area contributed by atoms with E-state index in [1.165, 1.54) is 23.0 Å². The van der Waals surface area contributed by atoms with Gasteiger partial charge < -0.3 is 5.73 Å². The summed E-state index contributed by atoms with van der Waals surface area (Å²) in [5.41, 5.74) is 6.15. The Labute approximate surface area is 114 Å². The Kier molecular flexibility index (Phi) is 2.75. The minimum Gasteiger partial charge on any atom is -0.381 e. The van der Waals surface area contributed by atoms with Gasteiger partial charge >= 0.3 is 0 Å². The summed E-state index contributed by atoms with van der Waals surface area (Å²) in [5, 5.41) is -0.126. The minimum atomic E-state index is -3.90. The number of aromatic nitrogens is 4. The van der Waals surface area contributed by atoms with Gasteiger partial charge in [0.15, 0.2) is 11.6 Å². The van der Waals surface area contributed by atoms with Crippen molar-refractivity contribution in [1.82, 2.24) is 19.4 Å². The molecule has 0 aliphatic carbocycles. The van der Waals surface area contributed by atoms with Crippen LogP contribution in [0.2, 0.25) is 0 Å². The maximum absolute atomic E-state index is 12.4. The fourth-order valence-electron chi connectivity index (χ4n) is 1.80. The van der Waals surface area contributed by atoms with E-state index in [4.69, 9.17) is 5.73 Å². The first-order chi connectivity index (χ1) is 9.58. The lowest BCUT2D eigenvalue weighted by atomic mass is 10.5. The Balaban J connectivity index is 2.12. The van der Waals surface area contributed by atoms with E-state index in [2.05, 4.69) is 19.7 Å². The summed E-state index contributed by atoms with van der Waals surface area (Å²) < 4.78 is 28.5. The Bertz CT molecular complexity index is 859. The molecule has 9 heteroatoms. The molecule has 3 rings (SSSR count). The third kappa shape index (κ3) is 2.03. The second kappa shape index (κ2) is 4.46. The molecule has 0 amide bonds. The molecule has 3 heterocycles. The van der Waals surface area contributed by atoms with Gasteiger partial charge in [0.1, 0.15) is 5.65 Å². The van der Waals surface area contributed by atoms with Gasteiger partial charge in [0.25, 0.3) is 10.0 Å². The van der Waals surface area contributed by atoms with Crippen LogP contribution >= 0.6 is 0 Å². The van der Waals surface area contributed by atoms with E-state index in [0.717, 1.165) is 0 Å². The van der Waals surface area contributed by atoms with Crippen LogP contribution in [0.5, 0.6) is 0 Å². The summed E-state index contributed by atoms with van der Waals surface area (Å²) >= 11 is 0. The van der Waals surface area contributed by atoms with Gasteiger partial charge in [0.05, 0.1) is 6.20 Å². The van der Waals surface area contributed by atoms with E-state index in [9.17, 15) is 8.42 Å². The Morgan fingerprint density at radius 2 is 2.10 bits per heavy atom. The van der Waals surface area contributed by atoms with Crippen molar-refractivity contribution in [3.63, 3.8) is 0 Å². The molecule has 8 nitrogen and oxygen atoms in total. The van der Waals surface area contributed by atoms with Gasteiger partial charge in [-0.2, -0.15) is 8.42 Å². The number of rotatable bonds is 3. The van der Waals surface area contributed by atoms with Crippen molar-refractivity contribution in [3.8, 4) is 0 Å². The zero-order valence-corrected chi connectivity index (χ0v) is 10.9. The van der Waals surface area contributed by atoms with Crippen molar-refractivity contribution in [3.05, 3.63) is 43.0 Å². The number of nitrogen functional groups attached to an aromatic ring is 1. The first-order valence-electron chi connectivity index (χ1n) is 5.59. The largest absolute Gasteiger partial charge is 0.381 e. The lowest BCUT2D eigenvalue weighted by Crippen LogP contribution is -2.17. The molecule has 0 saturated heterocycles. The molecule has 3 N–H and O–H groups in total. The maximum atomic E-state index is 12.4. The number of hydrogen-bond acceptors (Lipinski definition) is 6. The predicted octanol–water partition coefficient (Wildman–Crippen LogP) is 0.507. The van der Waals surface area contributed by atoms with Crippen molar-refractivity contribution in [2.75, 3.05) is 10.5 Å². The molecule has 0 radical (unpaired) electrons. The molecule has 0 bridgehead atoms. The van der Waals surface area contributed by atoms with Crippen LogP contribution in [0.25, 0.3) is 5.65 Å². The lowest BCUT2D eigenvalue weighted by molar-refractivity contribution is 0.597. The maximum Gasteiger partial charge on any atom is 0.282 e. The van der Waals surface area contributed by atoms with Crippen molar-refractivity contribution in [1.29, 1.82) is 0 Å². The van der Waals surface area contributed by atoms with Gasteiger partial charge in [-0.3, -0.25) is 14.1 Å². The molecule has 0 spiro atoms. The van der Waals surface area contributed by atoms with E-state index < -0.39 is 10.0 Å². The number of hydrogen-bond donors (Lipinski definition) is 2. The molecule has 0 atom stereocenters. The molecule has 102 valence electrons. The fourth-order valence-corrected chi connectivity index (χ4v) is 3.01. The highest BCUT2D eigenvalue weighted by Gasteiger charge is 2.24. The zero-order chi connectivity index (χ0) is 14.2. The Morgan fingerprint density at radius 1 is 1.25 bits per heavy atom. The van der Waals surface area contributed by atoms with Crippen LogP contribution in [0.15, 0.2) is 48.0 Å². The van der Waals surface area contributed by atoms with Crippen LogP contribution in [0.4, 0.5) is 11.6 Å².